The van der Waals surface area contributed by atoms with Crippen LogP contribution in [0.25, 0.3) is 10.4 Å². The van der Waals surface area contributed by atoms with Crippen molar-refractivity contribution in [3.05, 3.63) is 105 Å². The van der Waals surface area contributed by atoms with E-state index in [1.165, 1.54) is 4.90 Å². The first-order chi connectivity index (χ1) is 31.1. The Morgan fingerprint density at radius 1 is 0.970 bits per heavy atom. The van der Waals surface area contributed by atoms with Crippen LogP contribution < -0.4 is 15.4 Å². The SMILES string of the molecule is Cc1ncsc1-c1ccc([C@H](C)NC(=O)C2C[C@@H](O)CN2C(=O)[C@@H](NC(=O)CCCCCCc2ccc(C(=O)CC3C(C)(C)C(Oc4ccc(C#N)c(Cl)c4)C3(C)C)cc2)C(C)(C)C)cc1. The predicted molar refractivity (Wildman–Crippen MR) is 260 cm³/mol. The van der Waals surface area contributed by atoms with Crippen LogP contribution in [-0.2, 0) is 20.8 Å². The van der Waals surface area contributed by atoms with Gasteiger partial charge in [-0.05, 0) is 73.3 Å². The van der Waals surface area contributed by atoms with E-state index in [0.717, 1.165) is 52.9 Å². The first kappa shape index (κ1) is 50.3. The van der Waals surface area contributed by atoms with Gasteiger partial charge in [0, 0.05) is 48.3 Å². The molecule has 11 nitrogen and oxygen atoms in total. The number of nitrogens with zero attached hydrogens (tertiary/aromatic N) is 3. The average molecular weight is 937 g/mol. The highest BCUT2D eigenvalue weighted by atomic mass is 35.5. The number of aryl methyl sites for hydroxylation is 2. The number of carbonyl (C=O) groups is 4. The van der Waals surface area contributed by atoms with E-state index in [2.05, 4.69) is 49.4 Å². The van der Waals surface area contributed by atoms with E-state index in [-0.39, 0.29) is 71.8 Å². The number of ether oxygens (including phenoxy) is 1. The third kappa shape index (κ3) is 11.5. The second-order valence-electron chi connectivity index (χ2n) is 20.6. The number of amides is 3. The van der Waals surface area contributed by atoms with E-state index in [0.29, 0.717) is 34.7 Å². The van der Waals surface area contributed by atoms with Gasteiger partial charge in [-0.2, -0.15) is 5.26 Å². The number of β-amino-alcohol motifs (C(OH)–C–C–N with tert-alkyl or cyclic N) is 1. The lowest BCUT2D eigenvalue weighted by atomic mass is 9.44. The van der Waals surface area contributed by atoms with E-state index in [4.69, 9.17) is 16.3 Å². The Bertz CT molecular complexity index is 2400. The molecule has 4 atom stereocenters. The highest BCUT2D eigenvalue weighted by molar-refractivity contribution is 7.13. The number of nitrogens with one attached hydrogen (secondary N) is 2. The molecule has 1 saturated heterocycles. The zero-order valence-electron chi connectivity index (χ0n) is 39.9. The van der Waals surface area contributed by atoms with Crippen molar-refractivity contribution in [1.82, 2.24) is 20.5 Å². The van der Waals surface area contributed by atoms with Crippen molar-refractivity contribution in [2.24, 2.45) is 22.2 Å². The third-order valence-corrected chi connectivity index (χ3v) is 15.1. The predicted octanol–water partition coefficient (Wildman–Crippen LogP) is 10.2. The number of ketones is 1. The molecule has 2 aliphatic rings. The summed E-state index contributed by atoms with van der Waals surface area (Å²) in [4.78, 5) is 61.5. The maximum Gasteiger partial charge on any atom is 0.246 e. The molecule has 3 aromatic carbocycles. The average Bonchev–Trinajstić information content (AvgIpc) is 3.89. The topological polar surface area (TPSA) is 162 Å². The molecule has 2 fully saturated rings. The van der Waals surface area contributed by atoms with Gasteiger partial charge in [0.25, 0.3) is 0 Å². The number of Topliss-reactive ketones (excluding diaryl/α,β-unsaturated/α-hetero) is 1. The first-order valence-corrected chi connectivity index (χ1v) is 24.4. The summed E-state index contributed by atoms with van der Waals surface area (Å²) in [6, 6.07) is 21.0. The summed E-state index contributed by atoms with van der Waals surface area (Å²) in [6.07, 6.45) is 4.05. The van der Waals surface area contributed by atoms with E-state index in [1.807, 2.05) is 88.7 Å². The Kier molecular flexibility index (Phi) is 15.9. The maximum absolute atomic E-state index is 14.1. The van der Waals surface area contributed by atoms with E-state index in [1.54, 1.807) is 29.5 Å². The highest BCUT2D eigenvalue weighted by Crippen LogP contribution is 2.61. The van der Waals surface area contributed by atoms with Gasteiger partial charge >= 0.3 is 0 Å². The minimum atomic E-state index is -0.876. The summed E-state index contributed by atoms with van der Waals surface area (Å²) >= 11 is 7.84. The van der Waals surface area contributed by atoms with E-state index in [9.17, 15) is 29.5 Å². The Morgan fingerprint density at radius 3 is 2.24 bits per heavy atom. The summed E-state index contributed by atoms with van der Waals surface area (Å²) in [5.74, 6) is -0.117. The number of aliphatic hydroxyl groups excluding tert-OH is 1. The zero-order chi connectivity index (χ0) is 48.1. The molecule has 6 rings (SSSR count). The molecule has 1 saturated carbocycles. The quantitative estimate of drug-likeness (QED) is 0.0656. The number of halogens is 1. The molecule has 0 bridgehead atoms. The first-order valence-electron chi connectivity index (χ1n) is 23.2. The van der Waals surface area contributed by atoms with E-state index >= 15 is 0 Å². The number of aromatic nitrogens is 1. The zero-order valence-corrected chi connectivity index (χ0v) is 41.4. The summed E-state index contributed by atoms with van der Waals surface area (Å²) < 4.78 is 6.41. The van der Waals surface area contributed by atoms with Gasteiger partial charge in [0.1, 0.15) is 30.0 Å². The van der Waals surface area contributed by atoms with Crippen molar-refractivity contribution in [1.29, 1.82) is 5.26 Å². The number of likely N-dealkylation sites (tertiary alicyclic amines) is 1. The molecule has 3 amide bonds. The highest BCUT2D eigenvalue weighted by Gasteiger charge is 2.63. The van der Waals surface area contributed by atoms with Gasteiger partial charge in [0.05, 0.1) is 38.8 Å². The Hall–Kier alpha value is -5.09. The molecular formula is C53H66ClN5O6S. The van der Waals surface area contributed by atoms with Crippen molar-refractivity contribution < 1.29 is 29.0 Å². The molecule has 1 aliphatic heterocycles. The fourth-order valence-corrected chi connectivity index (χ4v) is 11.2. The summed E-state index contributed by atoms with van der Waals surface area (Å²) in [6.45, 7) is 18.1. The number of nitriles is 1. The standard InChI is InChI=1S/C53H66ClN5O6S/c1-32(35-20-22-37(23-21-35)46-33(2)56-31-66-46)57-48(63)42-26-39(60)30-59(42)49(64)47(51(3,4)5)58-45(62)15-13-11-10-12-14-34-16-18-36(19-17-34)43(61)28-44-52(6,7)50(53(44,8)9)65-40-25-24-38(29-55)41(54)27-40/h16-25,27,31-32,39,42,44,47,50,60H,10-15,26,28,30H2,1-9H3,(H,57,63)(H,58,62)/t32-,39+,42?,44?,47+,50?/m0/s1. The summed E-state index contributed by atoms with van der Waals surface area (Å²) in [7, 11) is 0. The largest absolute Gasteiger partial charge is 0.489 e. The number of hydrogen-bond acceptors (Lipinski definition) is 9. The van der Waals surface area contributed by atoms with Crippen LogP contribution in [0.4, 0.5) is 0 Å². The summed E-state index contributed by atoms with van der Waals surface area (Å²) in [5, 5.41) is 26.3. The molecule has 352 valence electrons. The smallest absolute Gasteiger partial charge is 0.246 e. The normalized spacial score (nSPS) is 20.7. The van der Waals surface area contributed by atoms with Crippen LogP contribution in [0.1, 0.15) is 139 Å². The molecule has 0 spiro atoms. The second kappa shape index (κ2) is 20.8. The van der Waals surface area contributed by atoms with E-state index < -0.39 is 23.6 Å². The van der Waals surface area contributed by atoms with Crippen molar-refractivity contribution in [2.75, 3.05) is 6.54 Å². The molecule has 66 heavy (non-hydrogen) atoms. The minimum Gasteiger partial charge on any atom is -0.489 e. The van der Waals surface area contributed by atoms with Gasteiger partial charge in [-0.15, -0.1) is 11.3 Å². The lowest BCUT2D eigenvalue weighted by Crippen LogP contribution is -2.66. The van der Waals surface area contributed by atoms with Gasteiger partial charge in [0.2, 0.25) is 17.7 Å². The molecule has 0 radical (unpaired) electrons. The molecule has 1 aromatic heterocycles. The number of hydrogen-bond donors (Lipinski definition) is 3. The maximum atomic E-state index is 14.1. The Labute approximate surface area is 399 Å². The number of carbonyl (C=O) groups excluding carboxylic acids is 4. The Balaban J connectivity index is 0.925. The van der Waals surface area contributed by atoms with Crippen LogP contribution in [0, 0.1) is 40.4 Å². The third-order valence-electron chi connectivity index (χ3n) is 13.8. The summed E-state index contributed by atoms with van der Waals surface area (Å²) in [5.41, 5.74) is 5.85. The van der Waals surface area contributed by atoms with Crippen LogP contribution >= 0.6 is 22.9 Å². The molecular weight excluding hydrogens is 870 g/mol. The van der Waals surface area contributed by atoms with Gasteiger partial charge in [-0.3, -0.25) is 19.2 Å². The van der Waals surface area contributed by atoms with Gasteiger partial charge < -0.3 is 25.4 Å². The fraction of sp³-hybridized carbons (Fsp3) is 0.509. The fourth-order valence-electron chi connectivity index (χ4n) is 10.2. The molecule has 1 aliphatic carbocycles. The van der Waals surface area contributed by atoms with Gasteiger partial charge in [-0.1, -0.05) is 121 Å². The van der Waals surface area contributed by atoms with Crippen LogP contribution in [0.3, 0.4) is 0 Å². The number of thiazole rings is 1. The van der Waals surface area contributed by atoms with Crippen LogP contribution in [-0.4, -0.2) is 69.3 Å². The number of rotatable bonds is 18. The van der Waals surface area contributed by atoms with Crippen LogP contribution in [0.2, 0.25) is 5.02 Å². The minimum absolute atomic E-state index is 0.0165. The van der Waals surface area contributed by atoms with Crippen LogP contribution in [0.5, 0.6) is 5.75 Å². The monoisotopic (exact) mass is 935 g/mol. The second-order valence-corrected chi connectivity index (χ2v) is 21.8. The number of benzene rings is 3. The molecule has 2 heterocycles. The van der Waals surface area contributed by atoms with Crippen molar-refractivity contribution in [3.63, 3.8) is 0 Å². The lowest BCUT2D eigenvalue weighted by Gasteiger charge is -2.63. The number of unbranched alkanes of at least 4 members (excludes halogenated alkanes) is 3. The van der Waals surface area contributed by atoms with Gasteiger partial charge in [-0.25, -0.2) is 4.98 Å². The van der Waals surface area contributed by atoms with Crippen LogP contribution in [0.15, 0.2) is 72.2 Å². The number of aliphatic hydroxyl groups is 1. The van der Waals surface area contributed by atoms with Gasteiger partial charge in [0.15, 0.2) is 5.78 Å². The van der Waals surface area contributed by atoms with Crippen molar-refractivity contribution in [2.45, 2.75) is 144 Å². The van der Waals surface area contributed by atoms with Crippen molar-refractivity contribution >= 4 is 46.4 Å². The Morgan fingerprint density at radius 2 is 1.64 bits per heavy atom. The molecule has 4 aromatic rings. The molecule has 3 N–H and O–H groups in total. The lowest BCUT2D eigenvalue weighted by molar-refractivity contribution is -0.196. The molecule has 1 unspecified atom stereocenters. The van der Waals surface area contributed by atoms with Crippen molar-refractivity contribution in [3.8, 4) is 22.3 Å². The molecule has 13 heteroatoms.